The Labute approximate surface area is 297 Å². The molecule has 0 aliphatic rings. The Morgan fingerprint density at radius 2 is 1.53 bits per heavy atom. The predicted molar refractivity (Wildman–Crippen MR) is 194 cm³/mol. The van der Waals surface area contributed by atoms with Crippen molar-refractivity contribution in [2.24, 2.45) is 0 Å². The summed E-state index contributed by atoms with van der Waals surface area (Å²) in [5.41, 5.74) is 1.86. The second-order valence-corrected chi connectivity index (χ2v) is 13.9. The van der Waals surface area contributed by atoms with Crippen molar-refractivity contribution < 1.29 is 32.2 Å². The summed E-state index contributed by atoms with van der Waals surface area (Å²) in [7, 11) is -1.49. The van der Waals surface area contributed by atoms with Gasteiger partial charge in [-0.25, -0.2) is 8.42 Å². The van der Waals surface area contributed by atoms with Crippen LogP contribution in [0.15, 0.2) is 106 Å². The van der Waals surface area contributed by atoms with Gasteiger partial charge in [0.15, 0.2) is 11.5 Å². The lowest BCUT2D eigenvalue weighted by molar-refractivity contribution is -0.140. The van der Waals surface area contributed by atoms with Gasteiger partial charge in [0.1, 0.15) is 18.3 Å². The fourth-order valence-electron chi connectivity index (χ4n) is 5.26. The number of ether oxygens (including phenoxy) is 3. The number of anilines is 1. The largest absolute Gasteiger partial charge is 0.494 e. The molecule has 0 aliphatic heterocycles. The number of benzene rings is 4. The van der Waals surface area contributed by atoms with Gasteiger partial charge in [-0.05, 0) is 73.0 Å². The van der Waals surface area contributed by atoms with E-state index in [9.17, 15) is 18.0 Å². The SMILES string of the molecule is CCCNC(=O)[C@@H](Cc1ccccc1)N(Cc1cccc(Br)c1)C(=O)CN(c1ccc(OCC)cc1)S(=O)(=O)c1ccc(OC)c(OC)c1. The maximum Gasteiger partial charge on any atom is 0.264 e. The highest BCUT2D eigenvalue weighted by atomic mass is 79.9. The first-order valence-corrected chi connectivity index (χ1v) is 18.2. The lowest BCUT2D eigenvalue weighted by Gasteiger charge is -2.34. The molecule has 10 nitrogen and oxygen atoms in total. The molecule has 0 bridgehead atoms. The molecule has 1 atom stereocenters. The van der Waals surface area contributed by atoms with E-state index in [1.807, 2.05) is 68.4 Å². The van der Waals surface area contributed by atoms with Crippen LogP contribution in [0, 0.1) is 0 Å². The average Bonchev–Trinajstić information content (AvgIpc) is 3.11. The van der Waals surface area contributed by atoms with E-state index < -0.39 is 28.5 Å². The Hall–Kier alpha value is -4.55. The first-order chi connectivity index (χ1) is 23.6. The summed E-state index contributed by atoms with van der Waals surface area (Å²) in [6.07, 6.45) is 0.931. The minimum atomic E-state index is -4.36. The number of nitrogens with one attached hydrogen (secondary N) is 1. The summed E-state index contributed by atoms with van der Waals surface area (Å²) in [5.74, 6) is 0.225. The molecule has 1 N–H and O–H groups in total. The molecule has 0 saturated carbocycles. The molecule has 0 saturated heterocycles. The highest BCUT2D eigenvalue weighted by molar-refractivity contribution is 9.10. The molecule has 0 heterocycles. The Morgan fingerprint density at radius 3 is 2.16 bits per heavy atom. The van der Waals surface area contributed by atoms with Gasteiger partial charge in [-0.2, -0.15) is 0 Å². The summed E-state index contributed by atoms with van der Waals surface area (Å²) >= 11 is 3.51. The van der Waals surface area contributed by atoms with E-state index in [2.05, 4.69) is 21.2 Å². The van der Waals surface area contributed by atoms with Gasteiger partial charge in [-0.1, -0.05) is 65.3 Å². The Morgan fingerprint density at radius 1 is 0.837 bits per heavy atom. The standard InChI is InChI=1S/C37H42BrN3O7S/c1-5-21-39-37(43)33(23-27-11-8-7-9-12-27)40(25-28-13-10-14-29(38)22-28)36(42)26-41(30-15-17-31(18-16-30)48-6-2)49(44,45)32-19-20-34(46-3)35(24-32)47-4/h7-20,22,24,33H,5-6,21,23,25-26H2,1-4H3,(H,39,43)/t33-/m1/s1. The third kappa shape index (κ3) is 9.76. The number of nitrogens with zero attached hydrogens (tertiary/aromatic N) is 2. The van der Waals surface area contributed by atoms with Crippen LogP contribution in [0.4, 0.5) is 5.69 Å². The van der Waals surface area contributed by atoms with Crippen molar-refractivity contribution in [2.75, 3.05) is 38.2 Å². The molecule has 4 aromatic rings. The third-order valence-corrected chi connectivity index (χ3v) is 9.98. The number of amides is 2. The fourth-order valence-corrected chi connectivity index (χ4v) is 7.14. The summed E-state index contributed by atoms with van der Waals surface area (Å²) in [6, 6.07) is 26.7. The monoisotopic (exact) mass is 751 g/mol. The first-order valence-electron chi connectivity index (χ1n) is 15.9. The molecule has 12 heteroatoms. The van der Waals surface area contributed by atoms with Gasteiger partial charge in [0, 0.05) is 30.0 Å². The van der Waals surface area contributed by atoms with Gasteiger partial charge in [0.25, 0.3) is 10.0 Å². The molecule has 0 unspecified atom stereocenters. The third-order valence-electron chi connectivity index (χ3n) is 7.72. The summed E-state index contributed by atoms with van der Waals surface area (Å²) in [5, 5.41) is 2.95. The molecular weight excluding hydrogens is 710 g/mol. The number of hydrogen-bond acceptors (Lipinski definition) is 7. The summed E-state index contributed by atoms with van der Waals surface area (Å²) in [4.78, 5) is 29.8. The maximum atomic E-state index is 14.7. The first kappa shape index (κ1) is 37.3. The second-order valence-electron chi connectivity index (χ2n) is 11.1. The molecule has 4 aromatic carbocycles. The van der Waals surface area contributed by atoms with Crippen molar-refractivity contribution >= 4 is 43.5 Å². The molecule has 49 heavy (non-hydrogen) atoms. The smallest absolute Gasteiger partial charge is 0.264 e. The van der Waals surface area contributed by atoms with E-state index in [0.717, 1.165) is 19.9 Å². The van der Waals surface area contributed by atoms with Crippen LogP contribution < -0.4 is 23.8 Å². The lowest BCUT2D eigenvalue weighted by Crippen LogP contribution is -2.53. The Kier molecular flexibility index (Phi) is 13.5. The Bertz CT molecular complexity index is 1800. The van der Waals surface area contributed by atoms with Gasteiger partial charge in [-0.3, -0.25) is 13.9 Å². The number of rotatable bonds is 17. The van der Waals surface area contributed by atoms with Gasteiger partial charge in [-0.15, -0.1) is 0 Å². The highest BCUT2D eigenvalue weighted by Crippen LogP contribution is 2.33. The van der Waals surface area contributed by atoms with Gasteiger partial charge < -0.3 is 24.4 Å². The van der Waals surface area contributed by atoms with Crippen molar-refractivity contribution in [3.05, 3.63) is 113 Å². The zero-order valence-electron chi connectivity index (χ0n) is 28.1. The van der Waals surface area contributed by atoms with E-state index in [-0.39, 0.29) is 35.2 Å². The molecule has 0 spiro atoms. The van der Waals surface area contributed by atoms with Gasteiger partial charge in [0.2, 0.25) is 11.8 Å². The van der Waals surface area contributed by atoms with Crippen LogP contribution in [0.25, 0.3) is 0 Å². The van der Waals surface area contributed by atoms with Crippen molar-refractivity contribution in [3.63, 3.8) is 0 Å². The zero-order chi connectivity index (χ0) is 35.4. The van der Waals surface area contributed by atoms with E-state index in [1.165, 1.54) is 37.3 Å². The zero-order valence-corrected chi connectivity index (χ0v) is 30.5. The summed E-state index contributed by atoms with van der Waals surface area (Å²) < 4.78 is 47.1. The molecular formula is C37H42BrN3O7S. The number of hydrogen-bond donors (Lipinski definition) is 1. The van der Waals surface area contributed by atoms with Crippen molar-refractivity contribution in [3.8, 4) is 17.2 Å². The predicted octanol–water partition coefficient (Wildman–Crippen LogP) is 6.23. The minimum Gasteiger partial charge on any atom is -0.494 e. The van der Waals surface area contributed by atoms with E-state index in [1.54, 1.807) is 24.3 Å². The van der Waals surface area contributed by atoms with E-state index >= 15 is 0 Å². The second kappa shape index (κ2) is 17.7. The maximum absolute atomic E-state index is 14.7. The van der Waals surface area contributed by atoms with Gasteiger partial charge >= 0.3 is 0 Å². The van der Waals surface area contributed by atoms with Crippen molar-refractivity contribution in [1.29, 1.82) is 0 Å². The molecule has 2 amide bonds. The fraction of sp³-hybridized carbons (Fsp3) is 0.297. The molecule has 0 aliphatic carbocycles. The van der Waals surface area contributed by atoms with Gasteiger partial charge in [0.05, 0.1) is 31.4 Å². The van der Waals surface area contributed by atoms with Crippen LogP contribution in [0.2, 0.25) is 0 Å². The Balaban J connectivity index is 1.83. The minimum absolute atomic E-state index is 0.0584. The van der Waals surface area contributed by atoms with Crippen LogP contribution in [0.5, 0.6) is 17.2 Å². The van der Waals surface area contributed by atoms with Crippen molar-refractivity contribution in [1.82, 2.24) is 10.2 Å². The van der Waals surface area contributed by atoms with E-state index in [0.29, 0.717) is 31.1 Å². The summed E-state index contributed by atoms with van der Waals surface area (Å²) in [6.45, 7) is 4.12. The van der Waals surface area contributed by atoms with Crippen LogP contribution in [0.3, 0.4) is 0 Å². The number of carbonyl (C=O) groups is 2. The van der Waals surface area contributed by atoms with Crippen molar-refractivity contribution in [2.45, 2.75) is 44.2 Å². The van der Waals surface area contributed by atoms with E-state index in [4.69, 9.17) is 14.2 Å². The molecule has 0 fully saturated rings. The molecule has 260 valence electrons. The molecule has 4 rings (SSSR count). The molecule has 0 aromatic heterocycles. The highest BCUT2D eigenvalue weighted by Gasteiger charge is 2.35. The van der Waals surface area contributed by atoms with Crippen LogP contribution >= 0.6 is 15.9 Å². The van der Waals surface area contributed by atoms with Crippen LogP contribution in [0.1, 0.15) is 31.4 Å². The number of halogens is 1. The topological polar surface area (TPSA) is 114 Å². The number of methoxy groups -OCH3 is 2. The average molecular weight is 753 g/mol. The quantitative estimate of drug-likeness (QED) is 0.136. The normalized spacial score (nSPS) is 11.7. The van der Waals surface area contributed by atoms with Crippen LogP contribution in [-0.2, 0) is 32.6 Å². The molecule has 0 radical (unpaired) electrons. The lowest BCUT2D eigenvalue weighted by atomic mass is 10.0. The van der Waals surface area contributed by atoms with Crippen LogP contribution in [-0.4, -0.2) is 65.1 Å². The number of sulfonamides is 1. The number of carbonyl (C=O) groups excluding carboxylic acids is 2.